The number of carboxylic acid groups (broad SMARTS) is 1. The summed E-state index contributed by atoms with van der Waals surface area (Å²) in [7, 11) is 0. The topological polar surface area (TPSA) is 110 Å². The third-order valence-electron chi connectivity index (χ3n) is 2.57. The van der Waals surface area contributed by atoms with Crippen LogP contribution in [0.25, 0.3) is 0 Å². The summed E-state index contributed by atoms with van der Waals surface area (Å²) in [6, 6.07) is 2.69. The van der Waals surface area contributed by atoms with E-state index in [0.717, 1.165) is 6.07 Å². The van der Waals surface area contributed by atoms with Crippen molar-refractivity contribution in [3.63, 3.8) is 0 Å². The number of nitrogens with zero attached hydrogens (tertiary/aromatic N) is 1. The van der Waals surface area contributed by atoms with Crippen molar-refractivity contribution in [2.45, 2.75) is 19.9 Å². The zero-order chi connectivity index (χ0) is 15.4. The molecule has 0 saturated heterocycles. The molecule has 1 unspecified atom stereocenters. The van der Waals surface area contributed by atoms with Gasteiger partial charge in [0.15, 0.2) is 0 Å². The number of nitro benzene ring substituents is 1. The first kappa shape index (κ1) is 16.1. The Labute approximate surface area is 123 Å². The first-order valence-electron chi connectivity index (χ1n) is 5.71. The number of amides is 1. The Kier molecular flexibility index (Phi) is 5.20. The van der Waals surface area contributed by atoms with E-state index in [2.05, 4.69) is 21.2 Å². The molecule has 0 aromatic heterocycles. The fourth-order valence-electron chi connectivity index (χ4n) is 1.55. The molecule has 7 nitrogen and oxygen atoms in total. The first-order chi connectivity index (χ1) is 9.22. The molecule has 0 spiro atoms. The van der Waals surface area contributed by atoms with Crippen LogP contribution in [0.3, 0.4) is 0 Å². The van der Waals surface area contributed by atoms with Gasteiger partial charge in [-0.3, -0.25) is 14.9 Å². The maximum atomic E-state index is 12.0. The van der Waals surface area contributed by atoms with Crippen LogP contribution in [0.4, 0.5) is 5.69 Å². The number of halogens is 1. The van der Waals surface area contributed by atoms with Gasteiger partial charge in [-0.15, -0.1) is 0 Å². The Morgan fingerprint density at radius 3 is 2.40 bits per heavy atom. The predicted octanol–water partition coefficient (Wildman–Crippen LogP) is 2.20. The maximum Gasteiger partial charge on any atom is 0.326 e. The summed E-state index contributed by atoms with van der Waals surface area (Å²) in [4.78, 5) is 33.1. The van der Waals surface area contributed by atoms with Crippen LogP contribution in [0, 0.1) is 16.0 Å². The van der Waals surface area contributed by atoms with Crippen LogP contribution in [0.1, 0.15) is 24.2 Å². The Hall–Kier alpha value is -1.96. The number of carboxylic acids is 1. The van der Waals surface area contributed by atoms with Gasteiger partial charge in [0.1, 0.15) is 6.04 Å². The third-order valence-corrected chi connectivity index (χ3v) is 3.03. The molecule has 0 radical (unpaired) electrons. The fourth-order valence-corrected chi connectivity index (χ4v) is 2.03. The van der Waals surface area contributed by atoms with Gasteiger partial charge in [-0.25, -0.2) is 4.79 Å². The quantitative estimate of drug-likeness (QED) is 0.628. The highest BCUT2D eigenvalue weighted by atomic mass is 79.9. The summed E-state index contributed by atoms with van der Waals surface area (Å²) in [5.74, 6) is -2.13. The lowest BCUT2D eigenvalue weighted by atomic mass is 10.0. The van der Waals surface area contributed by atoms with E-state index in [1.807, 2.05) is 0 Å². The van der Waals surface area contributed by atoms with Gasteiger partial charge >= 0.3 is 5.97 Å². The molecule has 0 aliphatic carbocycles. The average Bonchev–Trinajstić information content (AvgIpc) is 2.33. The molecule has 1 rings (SSSR count). The van der Waals surface area contributed by atoms with Crippen molar-refractivity contribution in [3.8, 4) is 0 Å². The number of hydrogen-bond acceptors (Lipinski definition) is 4. The predicted molar refractivity (Wildman–Crippen MR) is 74.5 cm³/mol. The maximum absolute atomic E-state index is 12.0. The minimum Gasteiger partial charge on any atom is -0.480 e. The van der Waals surface area contributed by atoms with Crippen LogP contribution < -0.4 is 5.32 Å². The first-order valence-corrected chi connectivity index (χ1v) is 6.50. The van der Waals surface area contributed by atoms with E-state index in [1.54, 1.807) is 13.8 Å². The number of rotatable bonds is 5. The van der Waals surface area contributed by atoms with Crippen LogP contribution >= 0.6 is 15.9 Å². The molecule has 2 N–H and O–H groups in total. The Morgan fingerprint density at radius 2 is 1.95 bits per heavy atom. The van der Waals surface area contributed by atoms with Crippen molar-refractivity contribution in [3.05, 3.63) is 38.3 Å². The van der Waals surface area contributed by atoms with Crippen LogP contribution in [-0.4, -0.2) is 27.9 Å². The number of aliphatic carboxylic acids is 1. The number of carbonyl (C=O) groups is 2. The van der Waals surface area contributed by atoms with Gasteiger partial charge in [-0.1, -0.05) is 29.8 Å². The Morgan fingerprint density at radius 1 is 1.35 bits per heavy atom. The number of hydrogen-bond donors (Lipinski definition) is 2. The molecule has 0 aliphatic heterocycles. The zero-order valence-corrected chi connectivity index (χ0v) is 12.4. The minimum absolute atomic E-state index is 0.0259. The van der Waals surface area contributed by atoms with Gasteiger partial charge in [0.2, 0.25) is 0 Å². The average molecular weight is 345 g/mol. The number of non-ortho nitro benzene ring substituents is 1. The molecule has 1 aromatic carbocycles. The van der Waals surface area contributed by atoms with E-state index in [1.165, 1.54) is 12.1 Å². The SMILES string of the molecule is CC(C)C(NC(=O)c1cc(Br)cc([N+](=O)[O-])c1)C(=O)O. The number of nitro groups is 1. The molecule has 1 amide bonds. The Balaban J connectivity index is 3.03. The number of benzene rings is 1. The molecule has 0 aliphatic rings. The van der Waals surface area contributed by atoms with Crippen molar-refractivity contribution in [2.75, 3.05) is 0 Å². The molecule has 0 fully saturated rings. The number of nitrogens with one attached hydrogen (secondary N) is 1. The largest absolute Gasteiger partial charge is 0.480 e. The second-order valence-electron chi connectivity index (χ2n) is 4.49. The molecule has 1 atom stereocenters. The zero-order valence-electron chi connectivity index (χ0n) is 10.8. The second kappa shape index (κ2) is 6.47. The van der Waals surface area contributed by atoms with Crippen molar-refractivity contribution >= 4 is 33.5 Å². The summed E-state index contributed by atoms with van der Waals surface area (Å²) in [5, 5.41) is 22.1. The van der Waals surface area contributed by atoms with Gasteiger partial charge < -0.3 is 10.4 Å². The summed E-state index contributed by atoms with van der Waals surface area (Å²) < 4.78 is 0.369. The molecule has 20 heavy (non-hydrogen) atoms. The third kappa shape index (κ3) is 4.02. The lowest BCUT2D eigenvalue weighted by molar-refractivity contribution is -0.385. The molecule has 108 valence electrons. The van der Waals surface area contributed by atoms with E-state index >= 15 is 0 Å². The van der Waals surface area contributed by atoms with E-state index in [9.17, 15) is 19.7 Å². The van der Waals surface area contributed by atoms with Crippen molar-refractivity contribution < 1.29 is 19.6 Å². The monoisotopic (exact) mass is 344 g/mol. The summed E-state index contributed by atoms with van der Waals surface area (Å²) in [6.07, 6.45) is 0. The second-order valence-corrected chi connectivity index (χ2v) is 5.40. The summed E-state index contributed by atoms with van der Waals surface area (Å²) >= 11 is 3.07. The van der Waals surface area contributed by atoms with E-state index in [-0.39, 0.29) is 17.2 Å². The van der Waals surface area contributed by atoms with Crippen LogP contribution in [0.5, 0.6) is 0 Å². The van der Waals surface area contributed by atoms with E-state index in [0.29, 0.717) is 4.47 Å². The highest BCUT2D eigenvalue weighted by Crippen LogP contribution is 2.21. The van der Waals surface area contributed by atoms with Crippen molar-refractivity contribution in [1.82, 2.24) is 5.32 Å². The molecular weight excluding hydrogens is 332 g/mol. The highest BCUT2D eigenvalue weighted by Gasteiger charge is 2.24. The number of carbonyl (C=O) groups excluding carboxylic acids is 1. The van der Waals surface area contributed by atoms with Crippen LogP contribution in [0.15, 0.2) is 22.7 Å². The van der Waals surface area contributed by atoms with E-state index in [4.69, 9.17) is 5.11 Å². The van der Waals surface area contributed by atoms with Crippen LogP contribution in [-0.2, 0) is 4.79 Å². The Bertz CT molecular complexity index is 559. The smallest absolute Gasteiger partial charge is 0.326 e. The summed E-state index contributed by atoms with van der Waals surface area (Å²) in [5.41, 5.74) is -0.223. The molecule has 8 heteroatoms. The molecule has 0 saturated carbocycles. The van der Waals surface area contributed by atoms with Crippen LogP contribution in [0.2, 0.25) is 0 Å². The summed E-state index contributed by atoms with van der Waals surface area (Å²) in [6.45, 7) is 3.31. The standard InChI is InChI=1S/C12H13BrN2O5/c1-6(2)10(12(17)18)14-11(16)7-3-8(13)5-9(4-7)15(19)20/h3-6,10H,1-2H3,(H,14,16)(H,17,18). The minimum atomic E-state index is -1.15. The van der Waals surface area contributed by atoms with Gasteiger partial charge in [0.05, 0.1) is 4.92 Å². The lowest BCUT2D eigenvalue weighted by Gasteiger charge is -2.17. The van der Waals surface area contributed by atoms with Gasteiger partial charge in [0, 0.05) is 22.2 Å². The molecule has 0 heterocycles. The van der Waals surface area contributed by atoms with Gasteiger partial charge in [0.25, 0.3) is 11.6 Å². The van der Waals surface area contributed by atoms with E-state index < -0.39 is 22.8 Å². The molecule has 0 bridgehead atoms. The normalized spacial score (nSPS) is 12.0. The van der Waals surface area contributed by atoms with Crippen molar-refractivity contribution in [1.29, 1.82) is 0 Å². The fraction of sp³-hybridized carbons (Fsp3) is 0.333. The van der Waals surface area contributed by atoms with Gasteiger partial charge in [-0.2, -0.15) is 0 Å². The lowest BCUT2D eigenvalue weighted by Crippen LogP contribution is -2.44. The molecular formula is C12H13BrN2O5. The van der Waals surface area contributed by atoms with Crippen molar-refractivity contribution in [2.24, 2.45) is 5.92 Å². The molecule has 1 aromatic rings. The van der Waals surface area contributed by atoms with Gasteiger partial charge in [-0.05, 0) is 12.0 Å². The highest BCUT2D eigenvalue weighted by molar-refractivity contribution is 9.10.